The van der Waals surface area contributed by atoms with E-state index in [-0.39, 0.29) is 5.91 Å². The zero-order valence-electron chi connectivity index (χ0n) is 15.4. The van der Waals surface area contributed by atoms with Gasteiger partial charge in [-0.15, -0.1) is 0 Å². The lowest BCUT2D eigenvalue weighted by atomic mass is 9.95. The van der Waals surface area contributed by atoms with Crippen LogP contribution in [-0.4, -0.2) is 56.7 Å². The number of carbonyl (C=O) groups is 1. The van der Waals surface area contributed by atoms with Crippen LogP contribution in [0.4, 0.5) is 5.69 Å². The van der Waals surface area contributed by atoms with Crippen LogP contribution in [0, 0.1) is 0 Å². The molecular formula is C20H31N3O2. The molecule has 1 aromatic rings. The monoisotopic (exact) mass is 345 g/mol. The first-order valence-corrected chi connectivity index (χ1v) is 9.66. The van der Waals surface area contributed by atoms with E-state index in [2.05, 4.69) is 22.3 Å². The van der Waals surface area contributed by atoms with Gasteiger partial charge in [0.1, 0.15) is 5.75 Å². The Morgan fingerprint density at radius 1 is 1.08 bits per heavy atom. The summed E-state index contributed by atoms with van der Waals surface area (Å²) in [6.45, 7) is 4.24. The summed E-state index contributed by atoms with van der Waals surface area (Å²) in [6, 6.07) is 8.79. The van der Waals surface area contributed by atoms with E-state index in [4.69, 9.17) is 4.74 Å². The Balaban J connectivity index is 1.38. The molecule has 1 aliphatic heterocycles. The van der Waals surface area contributed by atoms with E-state index in [1.807, 2.05) is 17.0 Å². The summed E-state index contributed by atoms with van der Waals surface area (Å²) in [5.74, 6) is 1.17. The number of anilines is 1. The van der Waals surface area contributed by atoms with Crippen molar-refractivity contribution in [3.8, 4) is 5.75 Å². The normalized spacial score (nSPS) is 19.1. The minimum Gasteiger partial charge on any atom is -0.497 e. The molecule has 0 spiro atoms. The van der Waals surface area contributed by atoms with Crippen LogP contribution in [0.25, 0.3) is 0 Å². The second-order valence-electron chi connectivity index (χ2n) is 7.10. The Morgan fingerprint density at radius 3 is 2.40 bits per heavy atom. The number of nitrogens with zero attached hydrogens (tertiary/aromatic N) is 2. The van der Waals surface area contributed by atoms with E-state index in [0.717, 1.165) is 38.5 Å². The highest BCUT2D eigenvalue weighted by atomic mass is 16.5. The summed E-state index contributed by atoms with van der Waals surface area (Å²) in [7, 11) is 1.68. The molecule has 0 aromatic heterocycles. The lowest BCUT2D eigenvalue weighted by molar-refractivity contribution is -0.131. The second-order valence-corrected chi connectivity index (χ2v) is 7.10. The Morgan fingerprint density at radius 2 is 1.76 bits per heavy atom. The van der Waals surface area contributed by atoms with Crippen molar-refractivity contribution >= 4 is 11.6 Å². The molecular weight excluding hydrogens is 314 g/mol. The van der Waals surface area contributed by atoms with Crippen LogP contribution in [0.3, 0.4) is 0 Å². The molecule has 0 radical (unpaired) electrons. The van der Waals surface area contributed by atoms with E-state index in [9.17, 15) is 4.79 Å². The highest BCUT2D eigenvalue weighted by Gasteiger charge is 2.21. The van der Waals surface area contributed by atoms with E-state index in [1.165, 1.54) is 37.8 Å². The quantitative estimate of drug-likeness (QED) is 0.861. The molecule has 1 aliphatic carbocycles. The Kier molecular flexibility index (Phi) is 6.56. The maximum atomic E-state index is 12.4. The van der Waals surface area contributed by atoms with Gasteiger partial charge in [-0.3, -0.25) is 4.79 Å². The fraction of sp³-hybridized carbons (Fsp3) is 0.650. The van der Waals surface area contributed by atoms with Crippen LogP contribution in [0.2, 0.25) is 0 Å². The van der Waals surface area contributed by atoms with E-state index >= 15 is 0 Å². The summed E-state index contributed by atoms with van der Waals surface area (Å²) in [6.07, 6.45) is 7.20. The summed E-state index contributed by atoms with van der Waals surface area (Å²) >= 11 is 0. The van der Waals surface area contributed by atoms with Crippen molar-refractivity contribution in [1.82, 2.24) is 10.2 Å². The van der Waals surface area contributed by atoms with Crippen LogP contribution < -0.4 is 15.0 Å². The topological polar surface area (TPSA) is 44.8 Å². The van der Waals surface area contributed by atoms with Gasteiger partial charge in [0.25, 0.3) is 0 Å². The Labute approximate surface area is 151 Å². The first-order chi connectivity index (χ1) is 12.3. The van der Waals surface area contributed by atoms with Gasteiger partial charge in [-0.05, 0) is 37.1 Å². The SMILES string of the molecule is COc1ccc(N2CCN(C(=O)CCNC3CCCCC3)CC2)cc1. The molecule has 0 unspecified atom stereocenters. The molecule has 0 atom stereocenters. The summed E-state index contributed by atoms with van der Waals surface area (Å²) in [5, 5.41) is 3.57. The maximum absolute atomic E-state index is 12.4. The third kappa shape index (κ3) is 5.11. The molecule has 1 N–H and O–H groups in total. The number of methoxy groups -OCH3 is 1. The molecule has 1 amide bonds. The summed E-state index contributed by atoms with van der Waals surface area (Å²) < 4.78 is 5.21. The number of hydrogen-bond acceptors (Lipinski definition) is 4. The maximum Gasteiger partial charge on any atom is 0.223 e. The van der Waals surface area contributed by atoms with Crippen molar-refractivity contribution in [2.24, 2.45) is 0 Å². The number of amides is 1. The third-order valence-electron chi connectivity index (χ3n) is 5.45. The number of nitrogens with one attached hydrogen (secondary N) is 1. The average molecular weight is 345 g/mol. The zero-order valence-corrected chi connectivity index (χ0v) is 15.4. The number of hydrogen-bond donors (Lipinski definition) is 1. The fourth-order valence-corrected chi connectivity index (χ4v) is 3.86. The van der Waals surface area contributed by atoms with Crippen LogP contribution in [0.15, 0.2) is 24.3 Å². The van der Waals surface area contributed by atoms with Gasteiger partial charge in [-0.25, -0.2) is 0 Å². The molecule has 0 bridgehead atoms. The van der Waals surface area contributed by atoms with Gasteiger partial charge < -0.3 is 19.9 Å². The average Bonchev–Trinajstić information content (AvgIpc) is 2.69. The number of ether oxygens (including phenoxy) is 1. The minimum absolute atomic E-state index is 0.290. The molecule has 2 fully saturated rings. The van der Waals surface area contributed by atoms with E-state index in [0.29, 0.717) is 12.5 Å². The highest BCUT2D eigenvalue weighted by molar-refractivity contribution is 5.76. The van der Waals surface area contributed by atoms with Crippen molar-refractivity contribution in [3.05, 3.63) is 24.3 Å². The summed E-state index contributed by atoms with van der Waals surface area (Å²) in [4.78, 5) is 16.8. The molecule has 2 aliphatic rings. The van der Waals surface area contributed by atoms with Crippen molar-refractivity contribution in [2.75, 3.05) is 44.7 Å². The smallest absolute Gasteiger partial charge is 0.223 e. The molecule has 1 heterocycles. The predicted molar refractivity (Wildman–Crippen MR) is 101 cm³/mol. The second kappa shape index (κ2) is 9.09. The van der Waals surface area contributed by atoms with Crippen LogP contribution in [0.1, 0.15) is 38.5 Å². The largest absolute Gasteiger partial charge is 0.497 e. The first-order valence-electron chi connectivity index (χ1n) is 9.66. The Bertz CT molecular complexity index is 532. The third-order valence-corrected chi connectivity index (χ3v) is 5.45. The minimum atomic E-state index is 0.290. The van der Waals surface area contributed by atoms with E-state index < -0.39 is 0 Å². The van der Waals surface area contributed by atoms with Gasteiger partial charge in [0, 0.05) is 50.9 Å². The Hall–Kier alpha value is -1.75. The van der Waals surface area contributed by atoms with Gasteiger partial charge in [-0.2, -0.15) is 0 Å². The predicted octanol–water partition coefficient (Wildman–Crippen LogP) is 2.66. The fourth-order valence-electron chi connectivity index (χ4n) is 3.86. The number of carbonyl (C=O) groups excluding carboxylic acids is 1. The molecule has 3 rings (SSSR count). The molecule has 138 valence electrons. The molecule has 1 saturated carbocycles. The van der Waals surface area contributed by atoms with Crippen LogP contribution in [-0.2, 0) is 4.79 Å². The van der Waals surface area contributed by atoms with Gasteiger partial charge in [0.15, 0.2) is 0 Å². The number of benzene rings is 1. The number of piperazine rings is 1. The first kappa shape index (κ1) is 18.1. The molecule has 5 nitrogen and oxygen atoms in total. The van der Waals surface area contributed by atoms with Crippen molar-refractivity contribution in [2.45, 2.75) is 44.6 Å². The van der Waals surface area contributed by atoms with E-state index in [1.54, 1.807) is 7.11 Å². The van der Waals surface area contributed by atoms with Crippen molar-refractivity contribution in [1.29, 1.82) is 0 Å². The van der Waals surface area contributed by atoms with Crippen LogP contribution in [0.5, 0.6) is 5.75 Å². The van der Waals surface area contributed by atoms with Crippen molar-refractivity contribution < 1.29 is 9.53 Å². The van der Waals surface area contributed by atoms with Gasteiger partial charge in [0.2, 0.25) is 5.91 Å². The molecule has 25 heavy (non-hydrogen) atoms. The lowest BCUT2D eigenvalue weighted by Crippen LogP contribution is -2.49. The molecule has 1 saturated heterocycles. The standard InChI is InChI=1S/C20H31N3O2/c1-25-19-9-7-18(8-10-19)22-13-15-23(16-14-22)20(24)11-12-21-17-5-3-2-4-6-17/h7-10,17,21H,2-6,11-16H2,1H3. The van der Waals surface area contributed by atoms with Gasteiger partial charge >= 0.3 is 0 Å². The van der Waals surface area contributed by atoms with Crippen molar-refractivity contribution in [3.63, 3.8) is 0 Å². The van der Waals surface area contributed by atoms with Gasteiger partial charge in [-0.1, -0.05) is 19.3 Å². The van der Waals surface area contributed by atoms with Gasteiger partial charge in [0.05, 0.1) is 7.11 Å². The number of rotatable bonds is 6. The molecule has 5 heteroatoms. The highest BCUT2D eigenvalue weighted by Crippen LogP contribution is 2.21. The lowest BCUT2D eigenvalue weighted by Gasteiger charge is -2.36. The zero-order chi connectivity index (χ0) is 17.5. The summed E-state index contributed by atoms with van der Waals surface area (Å²) in [5.41, 5.74) is 1.20. The molecule has 1 aromatic carbocycles. The van der Waals surface area contributed by atoms with Crippen LogP contribution >= 0.6 is 0 Å².